The summed E-state index contributed by atoms with van der Waals surface area (Å²) in [7, 11) is 1.97. The first kappa shape index (κ1) is 11.5. The van der Waals surface area contributed by atoms with Gasteiger partial charge in [-0.2, -0.15) is 0 Å². The maximum atomic E-state index is 11.9. The molecule has 82 valence electrons. The van der Waals surface area contributed by atoms with Gasteiger partial charge in [0.1, 0.15) is 0 Å². The van der Waals surface area contributed by atoms with Crippen LogP contribution in [0.1, 0.15) is 13.8 Å². The zero-order valence-electron chi connectivity index (χ0n) is 9.32. The van der Waals surface area contributed by atoms with Gasteiger partial charge in [0, 0.05) is 19.6 Å². The van der Waals surface area contributed by atoms with Crippen molar-refractivity contribution < 1.29 is 9.53 Å². The Morgan fingerprint density at radius 1 is 1.50 bits per heavy atom. The van der Waals surface area contributed by atoms with Crippen molar-refractivity contribution in [2.45, 2.75) is 13.8 Å². The molecule has 1 saturated heterocycles. The molecule has 0 N–H and O–H groups in total. The third kappa shape index (κ3) is 2.69. The van der Waals surface area contributed by atoms with E-state index in [-0.39, 0.29) is 11.8 Å². The van der Waals surface area contributed by atoms with Crippen LogP contribution in [0.25, 0.3) is 0 Å². The average molecular weight is 200 g/mol. The van der Waals surface area contributed by atoms with Crippen LogP contribution in [0.2, 0.25) is 0 Å². The van der Waals surface area contributed by atoms with Gasteiger partial charge in [0.25, 0.3) is 0 Å². The molecule has 0 aromatic rings. The zero-order chi connectivity index (χ0) is 10.6. The molecule has 0 aliphatic carbocycles. The van der Waals surface area contributed by atoms with Gasteiger partial charge < -0.3 is 9.64 Å². The molecule has 0 spiro atoms. The molecular formula is C10H20N2O2. The Kier molecular flexibility index (Phi) is 4.35. The van der Waals surface area contributed by atoms with Crippen LogP contribution in [0.5, 0.6) is 0 Å². The van der Waals surface area contributed by atoms with Gasteiger partial charge in [-0.3, -0.25) is 9.69 Å². The first-order valence-electron chi connectivity index (χ1n) is 5.24. The van der Waals surface area contributed by atoms with Gasteiger partial charge in [0.2, 0.25) is 5.91 Å². The van der Waals surface area contributed by atoms with Crippen molar-refractivity contribution in [1.29, 1.82) is 0 Å². The van der Waals surface area contributed by atoms with Crippen molar-refractivity contribution >= 4 is 5.91 Å². The van der Waals surface area contributed by atoms with Crippen LogP contribution in [0, 0.1) is 5.92 Å². The van der Waals surface area contributed by atoms with Crippen LogP contribution < -0.4 is 0 Å². The standard InChI is InChI=1S/C10H20N2O2/c1-4-12(5-2)10(13)9-6-11(3)8-14-7-9/h9H,4-8H2,1-3H3. The van der Waals surface area contributed by atoms with E-state index in [9.17, 15) is 4.79 Å². The van der Waals surface area contributed by atoms with E-state index in [0.717, 1.165) is 19.6 Å². The minimum absolute atomic E-state index is 0.0219. The summed E-state index contributed by atoms with van der Waals surface area (Å²) in [5, 5.41) is 0. The largest absolute Gasteiger partial charge is 0.365 e. The number of hydrogen-bond donors (Lipinski definition) is 0. The third-order valence-corrected chi connectivity index (χ3v) is 2.59. The summed E-state index contributed by atoms with van der Waals surface area (Å²) in [6, 6.07) is 0. The number of hydrogen-bond acceptors (Lipinski definition) is 3. The number of amides is 1. The molecule has 1 amide bonds. The molecule has 0 aromatic carbocycles. The first-order chi connectivity index (χ1) is 6.69. The van der Waals surface area contributed by atoms with Gasteiger partial charge in [-0.1, -0.05) is 0 Å². The van der Waals surface area contributed by atoms with E-state index in [1.54, 1.807) is 0 Å². The lowest BCUT2D eigenvalue weighted by Gasteiger charge is -2.32. The quantitative estimate of drug-likeness (QED) is 0.660. The number of ether oxygens (including phenoxy) is 1. The summed E-state index contributed by atoms with van der Waals surface area (Å²) in [5.41, 5.74) is 0. The fourth-order valence-corrected chi connectivity index (χ4v) is 1.78. The maximum absolute atomic E-state index is 11.9. The van der Waals surface area contributed by atoms with E-state index >= 15 is 0 Å². The van der Waals surface area contributed by atoms with Gasteiger partial charge in [-0.15, -0.1) is 0 Å². The maximum Gasteiger partial charge on any atom is 0.229 e. The summed E-state index contributed by atoms with van der Waals surface area (Å²) in [4.78, 5) is 15.8. The van der Waals surface area contributed by atoms with Gasteiger partial charge >= 0.3 is 0 Å². The van der Waals surface area contributed by atoms with Crippen LogP contribution in [-0.2, 0) is 9.53 Å². The third-order valence-electron chi connectivity index (χ3n) is 2.59. The molecule has 1 fully saturated rings. The van der Waals surface area contributed by atoms with Crippen molar-refractivity contribution in [3.8, 4) is 0 Å². The summed E-state index contributed by atoms with van der Waals surface area (Å²) in [5.74, 6) is 0.246. The van der Waals surface area contributed by atoms with Crippen LogP contribution in [-0.4, -0.2) is 55.7 Å². The minimum atomic E-state index is 0.0219. The minimum Gasteiger partial charge on any atom is -0.365 e. The van der Waals surface area contributed by atoms with Crippen LogP contribution in [0.4, 0.5) is 0 Å². The molecule has 1 unspecified atom stereocenters. The molecule has 1 rings (SSSR count). The molecule has 4 nitrogen and oxygen atoms in total. The molecule has 0 aromatic heterocycles. The van der Waals surface area contributed by atoms with Crippen molar-refractivity contribution in [3.05, 3.63) is 0 Å². The van der Waals surface area contributed by atoms with Crippen LogP contribution in [0.15, 0.2) is 0 Å². The zero-order valence-corrected chi connectivity index (χ0v) is 9.32. The Morgan fingerprint density at radius 2 is 2.14 bits per heavy atom. The normalized spacial score (nSPS) is 23.5. The second kappa shape index (κ2) is 5.32. The summed E-state index contributed by atoms with van der Waals surface area (Å²) < 4.78 is 5.33. The van der Waals surface area contributed by atoms with E-state index in [1.807, 2.05) is 30.7 Å². The molecule has 1 aliphatic rings. The fraction of sp³-hybridized carbons (Fsp3) is 0.900. The highest BCUT2D eigenvalue weighted by Crippen LogP contribution is 2.10. The van der Waals surface area contributed by atoms with Gasteiger partial charge in [0.05, 0.1) is 19.3 Å². The molecule has 14 heavy (non-hydrogen) atoms. The molecule has 0 bridgehead atoms. The Hall–Kier alpha value is -0.610. The average Bonchev–Trinajstić information content (AvgIpc) is 2.19. The first-order valence-corrected chi connectivity index (χ1v) is 5.24. The smallest absolute Gasteiger partial charge is 0.229 e. The topological polar surface area (TPSA) is 32.8 Å². The predicted octanol–water partition coefficient (Wildman–Crippen LogP) is 0.390. The molecule has 1 aliphatic heterocycles. The Morgan fingerprint density at radius 3 is 2.64 bits per heavy atom. The predicted molar refractivity (Wildman–Crippen MR) is 54.9 cm³/mol. The lowest BCUT2D eigenvalue weighted by atomic mass is 10.1. The highest BCUT2D eigenvalue weighted by Gasteiger charge is 2.27. The highest BCUT2D eigenvalue weighted by molar-refractivity contribution is 5.79. The second-order valence-electron chi connectivity index (χ2n) is 3.75. The second-order valence-corrected chi connectivity index (χ2v) is 3.75. The van der Waals surface area contributed by atoms with Gasteiger partial charge in [-0.25, -0.2) is 0 Å². The van der Waals surface area contributed by atoms with Gasteiger partial charge in [0.15, 0.2) is 0 Å². The molecule has 0 saturated carbocycles. The fourth-order valence-electron chi connectivity index (χ4n) is 1.78. The Labute approximate surface area is 85.8 Å². The molecule has 1 heterocycles. The van der Waals surface area contributed by atoms with Gasteiger partial charge in [-0.05, 0) is 20.9 Å². The summed E-state index contributed by atoms with van der Waals surface area (Å²) in [6.45, 7) is 7.62. The van der Waals surface area contributed by atoms with Crippen molar-refractivity contribution in [1.82, 2.24) is 9.80 Å². The van der Waals surface area contributed by atoms with E-state index in [2.05, 4.69) is 0 Å². The SMILES string of the molecule is CCN(CC)C(=O)C1COCN(C)C1. The monoisotopic (exact) mass is 200 g/mol. The lowest BCUT2D eigenvalue weighted by Crippen LogP contribution is -2.46. The van der Waals surface area contributed by atoms with E-state index in [0.29, 0.717) is 13.3 Å². The molecule has 0 radical (unpaired) electrons. The highest BCUT2D eigenvalue weighted by atomic mass is 16.5. The summed E-state index contributed by atoms with van der Waals surface area (Å²) in [6.07, 6.45) is 0. The Balaban J connectivity index is 2.50. The van der Waals surface area contributed by atoms with Crippen molar-refractivity contribution in [2.24, 2.45) is 5.92 Å². The molecular weight excluding hydrogens is 180 g/mol. The molecule has 4 heteroatoms. The van der Waals surface area contributed by atoms with E-state index < -0.39 is 0 Å². The van der Waals surface area contributed by atoms with Crippen LogP contribution >= 0.6 is 0 Å². The Bertz CT molecular complexity index is 193. The van der Waals surface area contributed by atoms with Crippen molar-refractivity contribution in [3.63, 3.8) is 0 Å². The lowest BCUT2D eigenvalue weighted by molar-refractivity contribution is -0.143. The van der Waals surface area contributed by atoms with E-state index in [1.165, 1.54) is 0 Å². The number of nitrogens with zero attached hydrogens (tertiary/aromatic N) is 2. The number of rotatable bonds is 3. The summed E-state index contributed by atoms with van der Waals surface area (Å²) >= 11 is 0. The number of carbonyl (C=O) groups excluding carboxylic acids is 1. The number of carbonyl (C=O) groups is 1. The van der Waals surface area contributed by atoms with Crippen molar-refractivity contribution in [2.75, 3.05) is 40.0 Å². The van der Waals surface area contributed by atoms with Crippen LogP contribution in [0.3, 0.4) is 0 Å². The molecule has 1 atom stereocenters. The van der Waals surface area contributed by atoms with E-state index in [4.69, 9.17) is 4.74 Å².